The zero-order valence-corrected chi connectivity index (χ0v) is 9.29. The number of carbonyl (C=O) groups is 2. The maximum atomic E-state index is 11.5. The van der Waals surface area contributed by atoms with Crippen molar-refractivity contribution in [2.24, 2.45) is 5.73 Å². The lowest BCUT2D eigenvalue weighted by Crippen LogP contribution is -2.55. The number of aliphatic carboxylic acids is 1. The minimum Gasteiger partial charge on any atom is -0.480 e. The fourth-order valence-corrected chi connectivity index (χ4v) is 1.94. The molecule has 1 rings (SSSR count). The van der Waals surface area contributed by atoms with Crippen molar-refractivity contribution in [2.75, 3.05) is 13.1 Å². The quantitative estimate of drug-likeness (QED) is 0.499. The van der Waals surface area contributed by atoms with E-state index in [2.05, 4.69) is 10.6 Å². The van der Waals surface area contributed by atoms with Gasteiger partial charge in [-0.15, -0.1) is 0 Å². The molecular formula is C10H19N3O3. The fourth-order valence-electron chi connectivity index (χ4n) is 1.94. The predicted molar refractivity (Wildman–Crippen MR) is 59.0 cm³/mol. The minimum atomic E-state index is -1.06. The maximum Gasteiger partial charge on any atom is 0.329 e. The number of nitrogens with one attached hydrogen (secondary N) is 2. The van der Waals surface area contributed by atoms with Gasteiger partial charge < -0.3 is 21.5 Å². The SMILES string of the molecule is NCCCNC(=O)NC1(C(=O)O)CCCC1. The van der Waals surface area contributed by atoms with Crippen LogP contribution in [-0.4, -0.2) is 35.7 Å². The van der Waals surface area contributed by atoms with Gasteiger partial charge in [-0.25, -0.2) is 9.59 Å². The Labute approximate surface area is 94.6 Å². The molecule has 1 saturated carbocycles. The molecule has 0 aromatic carbocycles. The van der Waals surface area contributed by atoms with Crippen molar-refractivity contribution in [1.29, 1.82) is 0 Å². The standard InChI is InChI=1S/C10H19N3O3/c11-6-3-7-12-9(16)13-10(8(14)15)4-1-2-5-10/h1-7,11H2,(H,14,15)(H2,12,13,16). The number of carbonyl (C=O) groups excluding carboxylic acids is 1. The summed E-state index contributed by atoms with van der Waals surface area (Å²) in [6.07, 6.45) is 3.39. The number of hydrogen-bond acceptors (Lipinski definition) is 3. The van der Waals surface area contributed by atoms with Crippen molar-refractivity contribution < 1.29 is 14.7 Å². The van der Waals surface area contributed by atoms with Gasteiger partial charge in [0.05, 0.1) is 0 Å². The Bertz CT molecular complexity index is 262. The van der Waals surface area contributed by atoms with Gasteiger partial charge in [0.2, 0.25) is 0 Å². The van der Waals surface area contributed by atoms with Crippen molar-refractivity contribution in [1.82, 2.24) is 10.6 Å². The van der Waals surface area contributed by atoms with Crippen molar-refractivity contribution in [3.05, 3.63) is 0 Å². The van der Waals surface area contributed by atoms with Crippen LogP contribution < -0.4 is 16.4 Å². The molecule has 1 fully saturated rings. The van der Waals surface area contributed by atoms with Gasteiger partial charge in [0.25, 0.3) is 0 Å². The van der Waals surface area contributed by atoms with E-state index in [4.69, 9.17) is 10.8 Å². The Kier molecular flexibility index (Phi) is 4.54. The summed E-state index contributed by atoms with van der Waals surface area (Å²) < 4.78 is 0. The number of amides is 2. The van der Waals surface area contributed by atoms with E-state index >= 15 is 0 Å². The molecule has 16 heavy (non-hydrogen) atoms. The first-order chi connectivity index (χ1) is 7.60. The van der Waals surface area contributed by atoms with Gasteiger partial charge in [-0.2, -0.15) is 0 Å². The van der Waals surface area contributed by atoms with E-state index < -0.39 is 17.5 Å². The minimum absolute atomic E-state index is 0.419. The molecule has 0 aromatic rings. The lowest BCUT2D eigenvalue weighted by Gasteiger charge is -2.25. The second-order valence-corrected chi connectivity index (χ2v) is 4.12. The zero-order valence-electron chi connectivity index (χ0n) is 9.29. The third kappa shape index (κ3) is 3.10. The first-order valence-corrected chi connectivity index (χ1v) is 5.60. The van der Waals surface area contributed by atoms with Gasteiger partial charge in [-0.05, 0) is 25.8 Å². The topological polar surface area (TPSA) is 104 Å². The summed E-state index contributed by atoms with van der Waals surface area (Å²) in [4.78, 5) is 22.6. The van der Waals surface area contributed by atoms with Crippen LogP contribution in [0.3, 0.4) is 0 Å². The van der Waals surface area contributed by atoms with Crippen LogP contribution in [0.5, 0.6) is 0 Å². The van der Waals surface area contributed by atoms with E-state index in [9.17, 15) is 9.59 Å². The monoisotopic (exact) mass is 229 g/mol. The van der Waals surface area contributed by atoms with E-state index in [0.29, 0.717) is 32.4 Å². The summed E-state index contributed by atoms with van der Waals surface area (Å²) in [5.74, 6) is -0.945. The molecule has 92 valence electrons. The average Bonchev–Trinajstić information content (AvgIpc) is 2.68. The molecule has 0 unspecified atom stereocenters. The second-order valence-electron chi connectivity index (χ2n) is 4.12. The van der Waals surface area contributed by atoms with Gasteiger partial charge in [0, 0.05) is 6.54 Å². The van der Waals surface area contributed by atoms with Crippen LogP contribution in [-0.2, 0) is 4.79 Å². The molecule has 0 saturated heterocycles. The summed E-state index contributed by atoms with van der Waals surface area (Å²) in [5.41, 5.74) is 4.22. The molecule has 5 N–H and O–H groups in total. The molecule has 6 heteroatoms. The molecule has 6 nitrogen and oxygen atoms in total. The molecule has 0 heterocycles. The Morgan fingerprint density at radius 3 is 2.44 bits per heavy atom. The number of carboxylic acids is 1. The van der Waals surface area contributed by atoms with Crippen molar-refractivity contribution in [3.63, 3.8) is 0 Å². The fraction of sp³-hybridized carbons (Fsp3) is 0.800. The van der Waals surface area contributed by atoms with E-state index in [0.717, 1.165) is 12.8 Å². The number of carboxylic acid groups (broad SMARTS) is 1. The molecule has 2 amide bonds. The van der Waals surface area contributed by atoms with Crippen LogP contribution in [0, 0.1) is 0 Å². The van der Waals surface area contributed by atoms with Crippen LogP contribution in [0.2, 0.25) is 0 Å². The van der Waals surface area contributed by atoms with Crippen LogP contribution in [0.4, 0.5) is 4.79 Å². The summed E-state index contributed by atoms with van der Waals surface area (Å²) in [6.45, 7) is 0.975. The summed E-state index contributed by atoms with van der Waals surface area (Å²) >= 11 is 0. The number of rotatable bonds is 5. The maximum absolute atomic E-state index is 11.5. The largest absolute Gasteiger partial charge is 0.480 e. The van der Waals surface area contributed by atoms with E-state index in [-0.39, 0.29) is 0 Å². The molecule has 0 spiro atoms. The summed E-state index contributed by atoms with van der Waals surface area (Å²) in [5, 5.41) is 14.3. The Morgan fingerprint density at radius 2 is 1.94 bits per heavy atom. The molecule has 0 bridgehead atoms. The summed E-state index contributed by atoms with van der Waals surface area (Å²) in [7, 11) is 0. The number of hydrogen-bond donors (Lipinski definition) is 4. The van der Waals surface area contributed by atoms with E-state index in [1.807, 2.05) is 0 Å². The predicted octanol–water partition coefficient (Wildman–Crippen LogP) is 0.0318. The van der Waals surface area contributed by atoms with Gasteiger partial charge in [-0.3, -0.25) is 0 Å². The Balaban J connectivity index is 2.43. The van der Waals surface area contributed by atoms with E-state index in [1.54, 1.807) is 0 Å². The first-order valence-electron chi connectivity index (χ1n) is 5.60. The second kappa shape index (κ2) is 5.69. The van der Waals surface area contributed by atoms with Crippen LogP contribution in [0.15, 0.2) is 0 Å². The van der Waals surface area contributed by atoms with Gasteiger partial charge in [-0.1, -0.05) is 12.8 Å². The lowest BCUT2D eigenvalue weighted by molar-refractivity contribution is -0.144. The number of urea groups is 1. The third-order valence-corrected chi connectivity index (χ3v) is 2.89. The van der Waals surface area contributed by atoms with Crippen molar-refractivity contribution >= 4 is 12.0 Å². The zero-order chi connectivity index (χ0) is 12.0. The molecule has 0 aliphatic heterocycles. The van der Waals surface area contributed by atoms with Gasteiger partial charge in [0.1, 0.15) is 5.54 Å². The lowest BCUT2D eigenvalue weighted by atomic mass is 9.98. The highest BCUT2D eigenvalue weighted by molar-refractivity contribution is 5.86. The third-order valence-electron chi connectivity index (χ3n) is 2.89. The van der Waals surface area contributed by atoms with Gasteiger partial charge in [0.15, 0.2) is 0 Å². The molecule has 1 aliphatic carbocycles. The molecule has 0 aromatic heterocycles. The van der Waals surface area contributed by atoms with Gasteiger partial charge >= 0.3 is 12.0 Å². The smallest absolute Gasteiger partial charge is 0.329 e. The normalized spacial score (nSPS) is 18.1. The highest BCUT2D eigenvalue weighted by Crippen LogP contribution is 2.29. The highest BCUT2D eigenvalue weighted by Gasteiger charge is 2.42. The Morgan fingerprint density at radius 1 is 1.31 bits per heavy atom. The number of nitrogens with two attached hydrogens (primary N) is 1. The van der Waals surface area contributed by atoms with Crippen molar-refractivity contribution in [2.45, 2.75) is 37.6 Å². The first kappa shape index (κ1) is 12.8. The Hall–Kier alpha value is -1.30. The molecule has 0 atom stereocenters. The highest BCUT2D eigenvalue weighted by atomic mass is 16.4. The summed E-state index contributed by atoms with van der Waals surface area (Å²) in [6, 6.07) is -0.419. The van der Waals surface area contributed by atoms with E-state index in [1.165, 1.54) is 0 Å². The molecular weight excluding hydrogens is 210 g/mol. The molecule has 0 radical (unpaired) electrons. The van der Waals surface area contributed by atoms with Crippen LogP contribution in [0.25, 0.3) is 0 Å². The average molecular weight is 229 g/mol. The van der Waals surface area contributed by atoms with Crippen LogP contribution >= 0.6 is 0 Å². The van der Waals surface area contributed by atoms with Crippen molar-refractivity contribution in [3.8, 4) is 0 Å². The van der Waals surface area contributed by atoms with Crippen LogP contribution in [0.1, 0.15) is 32.1 Å². The molecule has 1 aliphatic rings.